The first-order valence-electron chi connectivity index (χ1n) is 8.65. The first-order chi connectivity index (χ1) is 13.1. The molecule has 0 aromatic heterocycles. The third-order valence-electron chi connectivity index (χ3n) is 3.59. The van der Waals surface area contributed by atoms with Crippen molar-refractivity contribution in [3.8, 4) is 11.5 Å². The first-order valence-corrected chi connectivity index (χ1v) is 8.65. The number of anilines is 1. The normalized spacial score (nSPS) is 10.5. The maximum Gasteiger partial charge on any atom is 0.340 e. The zero-order chi connectivity index (χ0) is 19.6. The van der Waals surface area contributed by atoms with E-state index in [0.29, 0.717) is 29.4 Å². The Kier molecular flexibility index (Phi) is 7.43. The van der Waals surface area contributed by atoms with E-state index in [-0.39, 0.29) is 12.5 Å². The molecule has 1 N–H and O–H groups in total. The Bertz CT molecular complexity index is 829. The molecule has 0 aliphatic rings. The number of hydrogen-bond donors (Lipinski definition) is 1. The van der Waals surface area contributed by atoms with Crippen LogP contribution in [0.15, 0.2) is 48.5 Å². The number of methoxy groups -OCH3 is 1. The van der Waals surface area contributed by atoms with Gasteiger partial charge >= 0.3 is 5.97 Å². The lowest BCUT2D eigenvalue weighted by molar-refractivity contribution is -0.111. The average molecular weight is 369 g/mol. The lowest BCUT2D eigenvalue weighted by atomic mass is 10.1. The third kappa shape index (κ3) is 5.60. The monoisotopic (exact) mass is 369 g/mol. The van der Waals surface area contributed by atoms with Crippen molar-refractivity contribution >= 4 is 23.6 Å². The zero-order valence-electron chi connectivity index (χ0n) is 15.7. The van der Waals surface area contributed by atoms with Gasteiger partial charge in [0.2, 0.25) is 5.91 Å². The number of carbonyl (C=O) groups is 2. The van der Waals surface area contributed by atoms with Gasteiger partial charge in [0.25, 0.3) is 0 Å². The highest BCUT2D eigenvalue weighted by Gasteiger charge is 2.13. The molecule has 0 atom stereocenters. The van der Waals surface area contributed by atoms with E-state index in [1.54, 1.807) is 56.5 Å². The number of amides is 1. The molecule has 0 radical (unpaired) electrons. The van der Waals surface area contributed by atoms with Crippen molar-refractivity contribution in [2.75, 3.05) is 25.6 Å². The number of ether oxygens (including phenoxy) is 3. The van der Waals surface area contributed by atoms with Crippen molar-refractivity contribution in [1.29, 1.82) is 0 Å². The molecule has 142 valence electrons. The SMILES string of the molecule is CCOC(=O)c1ccccc1NC(=O)C=Cc1ccc(OCC)c(OC)c1. The Morgan fingerprint density at radius 1 is 1.04 bits per heavy atom. The standard InChI is InChI=1S/C21H23NO5/c1-4-26-18-12-10-15(14-19(18)25-3)11-13-20(23)22-17-9-7-6-8-16(17)21(24)27-5-2/h6-14H,4-5H2,1-3H3,(H,22,23). The fourth-order valence-corrected chi connectivity index (χ4v) is 2.39. The molecule has 6 nitrogen and oxygen atoms in total. The highest BCUT2D eigenvalue weighted by molar-refractivity contribution is 6.06. The molecule has 27 heavy (non-hydrogen) atoms. The summed E-state index contributed by atoms with van der Waals surface area (Å²) in [5.41, 5.74) is 1.49. The molecule has 2 aromatic rings. The van der Waals surface area contributed by atoms with Gasteiger partial charge in [-0.15, -0.1) is 0 Å². The fraction of sp³-hybridized carbons (Fsp3) is 0.238. The maximum absolute atomic E-state index is 12.2. The summed E-state index contributed by atoms with van der Waals surface area (Å²) in [7, 11) is 1.56. The van der Waals surface area contributed by atoms with Crippen molar-refractivity contribution < 1.29 is 23.8 Å². The van der Waals surface area contributed by atoms with Crippen LogP contribution in [0.3, 0.4) is 0 Å². The fourth-order valence-electron chi connectivity index (χ4n) is 2.39. The van der Waals surface area contributed by atoms with Gasteiger partial charge in [-0.1, -0.05) is 18.2 Å². The van der Waals surface area contributed by atoms with Gasteiger partial charge in [0, 0.05) is 6.08 Å². The molecule has 6 heteroatoms. The smallest absolute Gasteiger partial charge is 0.340 e. The second-order valence-corrected chi connectivity index (χ2v) is 5.43. The third-order valence-corrected chi connectivity index (χ3v) is 3.59. The van der Waals surface area contributed by atoms with Crippen LogP contribution in [0.25, 0.3) is 6.08 Å². The molecule has 0 unspecified atom stereocenters. The summed E-state index contributed by atoms with van der Waals surface area (Å²) in [6, 6.07) is 12.1. The van der Waals surface area contributed by atoms with Crippen molar-refractivity contribution in [3.05, 3.63) is 59.7 Å². The maximum atomic E-state index is 12.2. The second kappa shape index (κ2) is 10.0. The molecule has 0 saturated carbocycles. The summed E-state index contributed by atoms with van der Waals surface area (Å²) in [6.07, 6.45) is 3.04. The van der Waals surface area contributed by atoms with Crippen LogP contribution in [-0.4, -0.2) is 32.2 Å². The van der Waals surface area contributed by atoms with Gasteiger partial charge in [0.15, 0.2) is 11.5 Å². The lowest BCUT2D eigenvalue weighted by Gasteiger charge is -2.10. The molecular formula is C21H23NO5. The van der Waals surface area contributed by atoms with Crippen LogP contribution in [0, 0.1) is 0 Å². The molecule has 0 aliphatic carbocycles. The number of rotatable bonds is 8. The van der Waals surface area contributed by atoms with Crippen molar-refractivity contribution in [2.45, 2.75) is 13.8 Å². The minimum atomic E-state index is -0.478. The van der Waals surface area contributed by atoms with Gasteiger partial charge in [-0.05, 0) is 49.8 Å². The van der Waals surface area contributed by atoms with Crippen molar-refractivity contribution in [3.63, 3.8) is 0 Å². The summed E-state index contributed by atoms with van der Waals surface area (Å²) in [5.74, 6) is 0.394. The van der Waals surface area contributed by atoms with Crippen LogP contribution in [-0.2, 0) is 9.53 Å². The van der Waals surface area contributed by atoms with Gasteiger partial charge in [-0.3, -0.25) is 4.79 Å². The Hall–Kier alpha value is -3.28. The second-order valence-electron chi connectivity index (χ2n) is 5.43. The topological polar surface area (TPSA) is 73.9 Å². The molecule has 0 heterocycles. The number of para-hydroxylation sites is 1. The first kappa shape index (κ1) is 20.0. The largest absolute Gasteiger partial charge is 0.493 e. The lowest BCUT2D eigenvalue weighted by Crippen LogP contribution is -2.13. The predicted molar refractivity (Wildman–Crippen MR) is 104 cm³/mol. The highest BCUT2D eigenvalue weighted by Crippen LogP contribution is 2.28. The van der Waals surface area contributed by atoms with Crippen LogP contribution in [0.2, 0.25) is 0 Å². The van der Waals surface area contributed by atoms with E-state index in [1.807, 2.05) is 13.0 Å². The minimum absolute atomic E-state index is 0.264. The summed E-state index contributed by atoms with van der Waals surface area (Å²) in [4.78, 5) is 24.2. The predicted octanol–water partition coefficient (Wildman–Crippen LogP) is 3.92. The van der Waals surface area contributed by atoms with E-state index in [9.17, 15) is 9.59 Å². The van der Waals surface area contributed by atoms with E-state index >= 15 is 0 Å². The van der Waals surface area contributed by atoms with E-state index in [0.717, 1.165) is 5.56 Å². The van der Waals surface area contributed by atoms with Crippen LogP contribution in [0.5, 0.6) is 11.5 Å². The molecule has 2 aromatic carbocycles. The molecule has 0 fully saturated rings. The quantitative estimate of drug-likeness (QED) is 0.564. The number of esters is 1. The van der Waals surface area contributed by atoms with E-state index in [4.69, 9.17) is 14.2 Å². The van der Waals surface area contributed by atoms with Gasteiger partial charge in [-0.25, -0.2) is 4.79 Å². The zero-order valence-corrected chi connectivity index (χ0v) is 15.7. The average Bonchev–Trinajstić information content (AvgIpc) is 2.68. The molecule has 1 amide bonds. The number of carbonyl (C=O) groups excluding carboxylic acids is 2. The van der Waals surface area contributed by atoms with E-state index < -0.39 is 5.97 Å². The Balaban J connectivity index is 2.11. The van der Waals surface area contributed by atoms with Crippen LogP contribution in [0.4, 0.5) is 5.69 Å². The number of nitrogens with one attached hydrogen (secondary N) is 1. The highest BCUT2D eigenvalue weighted by atomic mass is 16.5. The number of benzene rings is 2. The van der Waals surface area contributed by atoms with Gasteiger partial charge in [0.1, 0.15) is 0 Å². The van der Waals surface area contributed by atoms with Gasteiger partial charge in [-0.2, -0.15) is 0 Å². The van der Waals surface area contributed by atoms with Crippen LogP contribution >= 0.6 is 0 Å². The summed E-state index contributed by atoms with van der Waals surface area (Å²) in [5, 5.41) is 2.70. The Morgan fingerprint density at radius 3 is 2.52 bits per heavy atom. The molecule has 0 saturated heterocycles. The van der Waals surface area contributed by atoms with E-state index in [2.05, 4.69) is 5.32 Å². The summed E-state index contributed by atoms with van der Waals surface area (Å²) >= 11 is 0. The van der Waals surface area contributed by atoms with Gasteiger partial charge < -0.3 is 19.5 Å². The Morgan fingerprint density at radius 2 is 1.81 bits per heavy atom. The molecule has 0 aliphatic heterocycles. The number of hydrogen-bond acceptors (Lipinski definition) is 5. The Labute approximate surface area is 158 Å². The van der Waals surface area contributed by atoms with Crippen molar-refractivity contribution in [1.82, 2.24) is 0 Å². The molecule has 2 rings (SSSR count). The minimum Gasteiger partial charge on any atom is -0.493 e. The van der Waals surface area contributed by atoms with E-state index in [1.165, 1.54) is 6.08 Å². The molecule has 0 spiro atoms. The summed E-state index contributed by atoms with van der Waals surface area (Å²) < 4.78 is 15.8. The van der Waals surface area contributed by atoms with Gasteiger partial charge in [0.05, 0.1) is 31.6 Å². The van der Waals surface area contributed by atoms with Crippen LogP contribution in [0.1, 0.15) is 29.8 Å². The molecular weight excluding hydrogens is 346 g/mol. The van der Waals surface area contributed by atoms with Crippen molar-refractivity contribution in [2.24, 2.45) is 0 Å². The van der Waals surface area contributed by atoms with Crippen LogP contribution < -0.4 is 14.8 Å². The summed E-state index contributed by atoms with van der Waals surface area (Å²) in [6.45, 7) is 4.42. The molecule has 0 bridgehead atoms.